The van der Waals surface area contributed by atoms with Crippen molar-refractivity contribution in [2.45, 2.75) is 11.4 Å². The average molecular weight is 444 g/mol. The lowest BCUT2D eigenvalue weighted by Crippen LogP contribution is -2.03. The Hall–Kier alpha value is -3.51. The molecule has 0 aromatic heterocycles. The van der Waals surface area contributed by atoms with Crippen molar-refractivity contribution >= 4 is 11.8 Å². The monoisotopic (exact) mass is 443 g/mol. The van der Waals surface area contributed by atoms with Crippen LogP contribution in [0.3, 0.4) is 0 Å². The molecule has 32 heavy (non-hydrogen) atoms. The molecular formula is C26H19F2N3S. The minimum absolute atomic E-state index is 0.260. The highest BCUT2D eigenvalue weighted by Crippen LogP contribution is 2.28. The first-order valence-corrected chi connectivity index (χ1v) is 11.3. The van der Waals surface area contributed by atoms with Crippen molar-refractivity contribution < 1.29 is 8.78 Å². The molecule has 0 unspecified atom stereocenters. The Kier molecular flexibility index (Phi) is 5.45. The molecule has 3 nitrogen and oxygen atoms in total. The number of rotatable bonds is 5. The maximum Gasteiger partial charge on any atom is 0.163 e. The van der Waals surface area contributed by atoms with E-state index in [1.807, 2.05) is 59.5 Å². The molecule has 2 aliphatic heterocycles. The predicted molar refractivity (Wildman–Crippen MR) is 125 cm³/mol. The van der Waals surface area contributed by atoms with Crippen molar-refractivity contribution in [1.82, 2.24) is 14.5 Å². The molecular weight excluding hydrogens is 424 g/mol. The van der Waals surface area contributed by atoms with Crippen molar-refractivity contribution in [3.63, 3.8) is 0 Å². The molecule has 2 heterocycles. The number of nitrogens with zero attached hydrogens (tertiary/aromatic N) is 3. The maximum absolute atomic E-state index is 14.9. The van der Waals surface area contributed by atoms with Crippen LogP contribution in [-0.2, 0) is 6.54 Å². The minimum atomic E-state index is -0.360. The van der Waals surface area contributed by atoms with Gasteiger partial charge in [-0.25, -0.2) is 18.7 Å². The van der Waals surface area contributed by atoms with Crippen LogP contribution in [0.5, 0.6) is 0 Å². The third-order valence-electron chi connectivity index (χ3n) is 5.37. The van der Waals surface area contributed by atoms with Crippen LogP contribution in [0.1, 0.15) is 5.56 Å². The van der Waals surface area contributed by atoms with Crippen LogP contribution in [0.4, 0.5) is 8.78 Å². The van der Waals surface area contributed by atoms with Gasteiger partial charge in [0, 0.05) is 29.4 Å². The summed E-state index contributed by atoms with van der Waals surface area (Å²) >= 11 is 1.68. The topological polar surface area (TPSA) is 30.7 Å². The van der Waals surface area contributed by atoms with Crippen molar-refractivity contribution in [1.29, 1.82) is 0 Å². The molecule has 0 amide bonds. The van der Waals surface area contributed by atoms with Crippen molar-refractivity contribution in [3.05, 3.63) is 102 Å². The van der Waals surface area contributed by atoms with Gasteiger partial charge in [0.25, 0.3) is 0 Å². The molecule has 6 heteroatoms. The predicted octanol–water partition coefficient (Wildman–Crippen LogP) is 6.77. The molecule has 0 spiro atoms. The van der Waals surface area contributed by atoms with Gasteiger partial charge in [-0.15, -0.1) is 11.8 Å². The molecule has 3 aromatic carbocycles. The van der Waals surface area contributed by atoms with Gasteiger partial charge in [-0.1, -0.05) is 36.4 Å². The fourth-order valence-corrected chi connectivity index (χ4v) is 4.06. The molecule has 0 bridgehead atoms. The van der Waals surface area contributed by atoms with Crippen LogP contribution in [0, 0.1) is 11.6 Å². The summed E-state index contributed by atoms with van der Waals surface area (Å²) in [4.78, 5) is 10.1. The molecule has 0 atom stereocenters. The average Bonchev–Trinajstić information content (AvgIpc) is 3.24. The zero-order valence-electron chi connectivity index (χ0n) is 17.3. The number of fused-ring (bicyclic) bond motifs is 1. The first kappa shape index (κ1) is 20.4. The van der Waals surface area contributed by atoms with Gasteiger partial charge in [0.1, 0.15) is 17.3 Å². The van der Waals surface area contributed by atoms with E-state index in [4.69, 9.17) is 0 Å². The Morgan fingerprint density at radius 3 is 2.31 bits per heavy atom. The van der Waals surface area contributed by atoms with Crippen LogP contribution < -0.4 is 0 Å². The number of aromatic nitrogens is 3. The van der Waals surface area contributed by atoms with Crippen LogP contribution in [0.2, 0.25) is 0 Å². The molecule has 0 fully saturated rings. The Bertz CT molecular complexity index is 1360. The SMILES string of the molecule is CSc1ccc(-c2ccc(Cn3ccc4nc(-c5ccccc5F)nc-4c3)c(F)c2)cc1. The number of pyridine rings is 1. The summed E-state index contributed by atoms with van der Waals surface area (Å²) in [5, 5.41) is 0. The van der Waals surface area contributed by atoms with Gasteiger partial charge in [0.05, 0.1) is 11.3 Å². The number of benzene rings is 3. The molecule has 0 radical (unpaired) electrons. The Labute approximate surface area is 189 Å². The largest absolute Gasteiger partial charge is 0.347 e. The standard InChI is InChI=1S/C26H19F2N3S/c1-32-20-10-8-17(9-11-20)18-6-7-19(23(28)14-18)15-31-13-12-24-25(16-31)30-26(29-24)21-4-2-3-5-22(21)27/h2-14,16H,15H2,1H3. The number of halogens is 2. The van der Waals surface area contributed by atoms with Crippen molar-refractivity contribution in [2.75, 3.05) is 6.26 Å². The third-order valence-corrected chi connectivity index (χ3v) is 6.11. The van der Waals surface area contributed by atoms with Crippen LogP contribution >= 0.6 is 11.8 Å². The van der Waals surface area contributed by atoms with Gasteiger partial charge in [0.15, 0.2) is 5.82 Å². The first-order chi connectivity index (χ1) is 15.6. The number of imidazole rings is 1. The van der Waals surface area contributed by atoms with Crippen molar-refractivity contribution in [3.8, 4) is 33.9 Å². The molecule has 158 valence electrons. The van der Waals surface area contributed by atoms with E-state index in [9.17, 15) is 8.78 Å². The smallest absolute Gasteiger partial charge is 0.163 e. The number of thioether (sulfide) groups is 1. The Morgan fingerprint density at radius 1 is 0.812 bits per heavy atom. The second kappa shape index (κ2) is 8.55. The quantitative estimate of drug-likeness (QED) is 0.281. The zero-order chi connectivity index (χ0) is 22.1. The van der Waals surface area contributed by atoms with Crippen molar-refractivity contribution in [2.24, 2.45) is 0 Å². The van der Waals surface area contributed by atoms with E-state index >= 15 is 0 Å². The fraction of sp³-hybridized carbons (Fsp3) is 0.0769. The lowest BCUT2D eigenvalue weighted by Gasteiger charge is -2.11. The highest BCUT2D eigenvalue weighted by Gasteiger charge is 2.15. The van der Waals surface area contributed by atoms with E-state index in [1.54, 1.807) is 42.2 Å². The molecule has 0 N–H and O–H groups in total. The minimum Gasteiger partial charge on any atom is -0.347 e. The second-order valence-corrected chi connectivity index (χ2v) is 8.33. The molecule has 0 aliphatic carbocycles. The fourth-order valence-electron chi connectivity index (χ4n) is 3.65. The van der Waals surface area contributed by atoms with Crippen LogP contribution in [0.15, 0.2) is 90.1 Å². The van der Waals surface area contributed by atoms with E-state index in [0.717, 1.165) is 11.1 Å². The maximum atomic E-state index is 14.9. The van der Waals surface area contributed by atoms with E-state index in [1.165, 1.54) is 11.0 Å². The summed E-state index contributed by atoms with van der Waals surface area (Å²) in [5.41, 5.74) is 4.07. The molecule has 3 aromatic rings. The van der Waals surface area contributed by atoms with Gasteiger partial charge in [-0.05, 0) is 53.8 Å². The summed E-state index contributed by atoms with van der Waals surface area (Å²) in [6, 6.07) is 21.6. The van der Waals surface area contributed by atoms with Gasteiger partial charge >= 0.3 is 0 Å². The lowest BCUT2D eigenvalue weighted by atomic mass is 10.0. The normalized spacial score (nSPS) is 11.2. The summed E-state index contributed by atoms with van der Waals surface area (Å²) in [6.07, 6.45) is 5.66. The molecule has 5 rings (SSSR count). The second-order valence-electron chi connectivity index (χ2n) is 7.45. The number of hydrogen-bond acceptors (Lipinski definition) is 3. The van der Waals surface area contributed by atoms with E-state index in [2.05, 4.69) is 9.97 Å². The Balaban J connectivity index is 1.40. The summed E-state index contributed by atoms with van der Waals surface area (Å²) in [5.74, 6) is -0.274. The van der Waals surface area contributed by atoms with Crippen LogP contribution in [-0.4, -0.2) is 20.8 Å². The summed E-state index contributed by atoms with van der Waals surface area (Å²) in [6.45, 7) is 0.357. The van der Waals surface area contributed by atoms with E-state index in [0.29, 0.717) is 34.9 Å². The van der Waals surface area contributed by atoms with Gasteiger partial charge in [0.2, 0.25) is 0 Å². The molecule has 2 aliphatic rings. The van der Waals surface area contributed by atoms with E-state index < -0.39 is 0 Å². The first-order valence-electron chi connectivity index (χ1n) is 10.1. The highest BCUT2D eigenvalue weighted by molar-refractivity contribution is 7.98. The van der Waals surface area contributed by atoms with Gasteiger partial charge in [-0.3, -0.25) is 0 Å². The third kappa shape index (κ3) is 4.01. The Morgan fingerprint density at radius 2 is 1.56 bits per heavy atom. The zero-order valence-corrected chi connectivity index (χ0v) is 18.1. The summed E-state index contributed by atoms with van der Waals surface area (Å²) < 4.78 is 30.8. The van der Waals surface area contributed by atoms with E-state index in [-0.39, 0.29) is 11.6 Å². The summed E-state index contributed by atoms with van der Waals surface area (Å²) in [7, 11) is 0. The lowest BCUT2D eigenvalue weighted by molar-refractivity contribution is 0.599. The number of hydrogen-bond donors (Lipinski definition) is 0. The van der Waals surface area contributed by atoms with Gasteiger partial charge < -0.3 is 4.57 Å². The molecule has 0 saturated carbocycles. The molecule has 0 saturated heterocycles. The highest BCUT2D eigenvalue weighted by atomic mass is 32.2. The van der Waals surface area contributed by atoms with Gasteiger partial charge in [-0.2, -0.15) is 0 Å². The van der Waals surface area contributed by atoms with Crippen LogP contribution in [0.25, 0.3) is 33.9 Å².